The van der Waals surface area contributed by atoms with Crippen LogP contribution in [0.25, 0.3) is 0 Å². The quantitative estimate of drug-likeness (QED) is 0.781. The summed E-state index contributed by atoms with van der Waals surface area (Å²) in [5.74, 6) is 1.68. The fraction of sp³-hybridized carbons (Fsp3) is 1.00. The maximum atomic E-state index is 3.58. The number of hydrogen-bond donors (Lipinski definition) is 1. The van der Waals surface area contributed by atoms with Gasteiger partial charge in [-0.3, -0.25) is 0 Å². The molecule has 0 aromatic rings. The Bertz CT molecular complexity index is 259. The van der Waals surface area contributed by atoms with Crippen LogP contribution < -0.4 is 5.32 Å². The van der Waals surface area contributed by atoms with Crippen molar-refractivity contribution in [2.24, 2.45) is 11.8 Å². The van der Waals surface area contributed by atoms with Gasteiger partial charge < -0.3 is 15.1 Å². The Morgan fingerprint density at radius 3 is 2.25 bits per heavy atom. The van der Waals surface area contributed by atoms with Gasteiger partial charge in [0, 0.05) is 45.3 Å². The number of piperazine rings is 1. The van der Waals surface area contributed by atoms with Gasteiger partial charge >= 0.3 is 0 Å². The predicted octanol–water partition coefficient (Wildman–Crippen LogP) is 2.43. The van der Waals surface area contributed by atoms with E-state index in [1.54, 1.807) is 0 Å². The van der Waals surface area contributed by atoms with E-state index in [9.17, 15) is 0 Å². The van der Waals surface area contributed by atoms with E-state index in [2.05, 4.69) is 36.0 Å². The van der Waals surface area contributed by atoms with E-state index >= 15 is 0 Å². The zero-order valence-corrected chi connectivity index (χ0v) is 13.9. The molecule has 3 heteroatoms. The van der Waals surface area contributed by atoms with Crippen molar-refractivity contribution in [3.8, 4) is 0 Å². The van der Waals surface area contributed by atoms with Crippen LogP contribution in [0.4, 0.5) is 0 Å². The molecule has 0 aromatic heterocycles. The van der Waals surface area contributed by atoms with Gasteiger partial charge in [0.2, 0.25) is 0 Å². The minimum Gasteiger partial charge on any atom is -0.317 e. The second-order valence-corrected chi connectivity index (χ2v) is 7.29. The molecular weight excluding hydrogens is 246 g/mol. The molecule has 20 heavy (non-hydrogen) atoms. The molecule has 2 atom stereocenters. The lowest BCUT2D eigenvalue weighted by molar-refractivity contribution is 0.101. The van der Waals surface area contributed by atoms with Gasteiger partial charge in [-0.05, 0) is 31.7 Å². The summed E-state index contributed by atoms with van der Waals surface area (Å²) in [5, 5.41) is 3.58. The predicted molar refractivity (Wildman–Crippen MR) is 87.1 cm³/mol. The summed E-state index contributed by atoms with van der Waals surface area (Å²) < 4.78 is 0. The second kappa shape index (κ2) is 8.35. The van der Waals surface area contributed by atoms with Gasteiger partial charge in [0.1, 0.15) is 0 Å². The monoisotopic (exact) mass is 281 g/mol. The first-order chi connectivity index (χ1) is 9.69. The first-order valence-electron chi connectivity index (χ1n) is 8.81. The highest BCUT2D eigenvalue weighted by atomic mass is 15.3. The van der Waals surface area contributed by atoms with Crippen LogP contribution in [0.15, 0.2) is 0 Å². The van der Waals surface area contributed by atoms with E-state index in [4.69, 9.17) is 0 Å². The smallest absolute Gasteiger partial charge is 0.0110 e. The normalized spacial score (nSPS) is 30.6. The molecule has 2 aliphatic rings. The van der Waals surface area contributed by atoms with Crippen LogP contribution in [0.2, 0.25) is 0 Å². The van der Waals surface area contributed by atoms with E-state index in [-0.39, 0.29) is 0 Å². The van der Waals surface area contributed by atoms with Crippen molar-refractivity contribution in [2.75, 3.05) is 46.3 Å². The highest BCUT2D eigenvalue weighted by Gasteiger charge is 2.26. The average molecular weight is 281 g/mol. The Hall–Kier alpha value is -0.120. The first-order valence-corrected chi connectivity index (χ1v) is 8.81. The van der Waals surface area contributed by atoms with E-state index in [1.165, 1.54) is 71.4 Å². The highest BCUT2D eigenvalue weighted by Crippen LogP contribution is 2.24. The molecule has 118 valence electrons. The van der Waals surface area contributed by atoms with Gasteiger partial charge in [-0.2, -0.15) is 0 Å². The van der Waals surface area contributed by atoms with Crippen molar-refractivity contribution in [2.45, 2.75) is 52.0 Å². The molecule has 2 fully saturated rings. The van der Waals surface area contributed by atoms with Crippen molar-refractivity contribution in [1.29, 1.82) is 0 Å². The van der Waals surface area contributed by atoms with Crippen LogP contribution in [0.5, 0.6) is 0 Å². The molecular formula is C17H35N3. The standard InChI is InChI=1S/C17H35N3/c1-15(2)13-19-9-11-20(12-10-19)14-16-7-5-4-6-8-17(16)18-3/h15-18H,4-14H2,1-3H3. The number of nitrogens with zero attached hydrogens (tertiary/aromatic N) is 2. The van der Waals surface area contributed by atoms with Crippen molar-refractivity contribution in [3.05, 3.63) is 0 Å². The maximum absolute atomic E-state index is 3.58. The summed E-state index contributed by atoms with van der Waals surface area (Å²) in [7, 11) is 2.16. The minimum absolute atomic E-state index is 0.756. The third-order valence-corrected chi connectivity index (χ3v) is 5.11. The largest absolute Gasteiger partial charge is 0.317 e. The van der Waals surface area contributed by atoms with Gasteiger partial charge in [-0.1, -0.05) is 33.1 Å². The molecule has 1 saturated carbocycles. The van der Waals surface area contributed by atoms with Crippen LogP contribution in [-0.4, -0.2) is 62.2 Å². The van der Waals surface area contributed by atoms with Gasteiger partial charge in [0.05, 0.1) is 0 Å². The Kier molecular flexibility index (Phi) is 6.79. The maximum Gasteiger partial charge on any atom is 0.0110 e. The third-order valence-electron chi connectivity index (χ3n) is 5.11. The first kappa shape index (κ1) is 16.3. The summed E-state index contributed by atoms with van der Waals surface area (Å²) >= 11 is 0. The SMILES string of the molecule is CNC1CCCCCC1CN1CCN(CC(C)C)CC1. The molecule has 1 N–H and O–H groups in total. The van der Waals surface area contributed by atoms with Gasteiger partial charge in [0.25, 0.3) is 0 Å². The zero-order chi connectivity index (χ0) is 14.4. The molecule has 3 nitrogen and oxygen atoms in total. The Labute approximate surface area is 126 Å². The van der Waals surface area contributed by atoms with E-state index in [1.807, 2.05) is 0 Å². The molecule has 1 saturated heterocycles. The van der Waals surface area contributed by atoms with Crippen LogP contribution in [0.1, 0.15) is 46.0 Å². The summed E-state index contributed by atoms with van der Waals surface area (Å²) in [4.78, 5) is 5.36. The average Bonchev–Trinajstić information content (AvgIpc) is 2.65. The van der Waals surface area contributed by atoms with E-state index in [0.717, 1.165) is 17.9 Å². The topological polar surface area (TPSA) is 18.5 Å². The van der Waals surface area contributed by atoms with E-state index in [0.29, 0.717) is 0 Å². The summed E-state index contributed by atoms with van der Waals surface area (Å²) in [6.07, 6.45) is 7.11. The molecule has 1 heterocycles. The lowest BCUT2D eigenvalue weighted by Crippen LogP contribution is -2.50. The molecule has 0 aromatic carbocycles. The molecule has 0 amide bonds. The fourth-order valence-electron chi connectivity index (χ4n) is 3.99. The summed E-state index contributed by atoms with van der Waals surface area (Å²) in [6.45, 7) is 12.4. The summed E-state index contributed by atoms with van der Waals surface area (Å²) in [5.41, 5.74) is 0. The Morgan fingerprint density at radius 1 is 0.950 bits per heavy atom. The molecule has 0 bridgehead atoms. The molecule has 1 aliphatic carbocycles. The number of rotatable bonds is 5. The van der Waals surface area contributed by atoms with Crippen molar-refractivity contribution in [3.63, 3.8) is 0 Å². The fourth-order valence-corrected chi connectivity index (χ4v) is 3.99. The molecule has 0 spiro atoms. The van der Waals surface area contributed by atoms with Crippen molar-refractivity contribution in [1.82, 2.24) is 15.1 Å². The van der Waals surface area contributed by atoms with Crippen LogP contribution in [0, 0.1) is 11.8 Å². The lowest BCUT2D eigenvalue weighted by Gasteiger charge is -2.38. The van der Waals surface area contributed by atoms with Crippen molar-refractivity contribution >= 4 is 0 Å². The second-order valence-electron chi connectivity index (χ2n) is 7.29. The number of nitrogens with one attached hydrogen (secondary N) is 1. The minimum atomic E-state index is 0.756. The molecule has 0 radical (unpaired) electrons. The van der Waals surface area contributed by atoms with Gasteiger partial charge in [0.15, 0.2) is 0 Å². The number of hydrogen-bond acceptors (Lipinski definition) is 3. The molecule has 1 aliphatic heterocycles. The Morgan fingerprint density at radius 2 is 1.60 bits per heavy atom. The van der Waals surface area contributed by atoms with Crippen LogP contribution >= 0.6 is 0 Å². The van der Waals surface area contributed by atoms with Gasteiger partial charge in [-0.25, -0.2) is 0 Å². The van der Waals surface area contributed by atoms with Crippen LogP contribution in [0.3, 0.4) is 0 Å². The highest BCUT2D eigenvalue weighted by molar-refractivity contribution is 4.83. The van der Waals surface area contributed by atoms with E-state index < -0.39 is 0 Å². The zero-order valence-electron chi connectivity index (χ0n) is 13.9. The molecule has 2 rings (SSSR count). The Balaban J connectivity index is 1.75. The molecule has 2 unspecified atom stereocenters. The van der Waals surface area contributed by atoms with Crippen LogP contribution in [-0.2, 0) is 0 Å². The summed E-state index contributed by atoms with van der Waals surface area (Å²) in [6, 6.07) is 0.756. The third kappa shape index (κ3) is 5.01. The lowest BCUT2D eigenvalue weighted by atomic mass is 9.94. The van der Waals surface area contributed by atoms with Gasteiger partial charge in [-0.15, -0.1) is 0 Å². The van der Waals surface area contributed by atoms with Crippen molar-refractivity contribution < 1.29 is 0 Å².